The Hall–Kier alpha value is -3.03. The molecule has 0 N–H and O–H groups in total. The largest absolute Gasteiger partial charge is 0.366 e. The summed E-state index contributed by atoms with van der Waals surface area (Å²) >= 11 is 0. The first kappa shape index (κ1) is 17.1. The van der Waals surface area contributed by atoms with Gasteiger partial charge in [-0.25, -0.2) is 9.37 Å². The Morgan fingerprint density at radius 2 is 1.86 bits per heavy atom. The van der Waals surface area contributed by atoms with E-state index in [1.807, 2.05) is 15.5 Å². The van der Waals surface area contributed by atoms with Gasteiger partial charge in [0.15, 0.2) is 11.6 Å². The molecule has 0 spiro atoms. The van der Waals surface area contributed by atoms with Crippen molar-refractivity contribution < 1.29 is 9.18 Å². The van der Waals surface area contributed by atoms with E-state index in [1.165, 1.54) is 25.8 Å². The summed E-state index contributed by atoms with van der Waals surface area (Å²) in [6.07, 6.45) is 6.06. The van der Waals surface area contributed by atoms with Gasteiger partial charge < -0.3 is 9.80 Å². The van der Waals surface area contributed by atoms with Crippen LogP contribution in [0.1, 0.15) is 41.9 Å². The van der Waals surface area contributed by atoms with Crippen LogP contribution < -0.4 is 9.80 Å². The van der Waals surface area contributed by atoms with Gasteiger partial charge in [0.1, 0.15) is 11.6 Å². The fourth-order valence-electron chi connectivity index (χ4n) is 3.82. The minimum absolute atomic E-state index is 0.131. The van der Waals surface area contributed by atoms with E-state index < -0.39 is 0 Å². The van der Waals surface area contributed by atoms with Crippen molar-refractivity contribution in [1.29, 1.82) is 0 Å². The fraction of sp³-hybridized carbons (Fsp3) is 0.400. The van der Waals surface area contributed by atoms with Crippen molar-refractivity contribution in [2.24, 2.45) is 0 Å². The second-order valence-electron chi connectivity index (χ2n) is 7.47. The molecule has 2 aliphatic rings. The highest BCUT2D eigenvalue weighted by Crippen LogP contribution is 2.39. The number of benzene rings is 1. The van der Waals surface area contributed by atoms with Crippen LogP contribution >= 0.6 is 0 Å². The molecular formula is C20H21FN6O. The van der Waals surface area contributed by atoms with E-state index in [0.29, 0.717) is 43.3 Å². The zero-order chi connectivity index (χ0) is 19.3. The van der Waals surface area contributed by atoms with Crippen LogP contribution in [0.5, 0.6) is 0 Å². The van der Waals surface area contributed by atoms with Gasteiger partial charge in [-0.2, -0.15) is 0 Å². The number of halogens is 1. The maximum Gasteiger partial charge on any atom is 0.203 e. The Morgan fingerprint density at radius 3 is 2.54 bits per heavy atom. The van der Waals surface area contributed by atoms with Gasteiger partial charge in [-0.15, -0.1) is 10.2 Å². The molecule has 3 heterocycles. The Morgan fingerprint density at radius 1 is 1.11 bits per heavy atom. The SMILES string of the molecule is CC(=O)c1ccc(N2CCN(c3nccn4c(C5CC5)nnc34)CC2)c(F)c1. The summed E-state index contributed by atoms with van der Waals surface area (Å²) < 4.78 is 16.5. The first-order valence-corrected chi connectivity index (χ1v) is 9.62. The van der Waals surface area contributed by atoms with Crippen molar-refractivity contribution >= 4 is 22.9 Å². The molecule has 2 aromatic heterocycles. The van der Waals surface area contributed by atoms with E-state index in [2.05, 4.69) is 20.1 Å². The number of hydrogen-bond donors (Lipinski definition) is 0. The molecule has 8 heteroatoms. The smallest absolute Gasteiger partial charge is 0.203 e. The third kappa shape index (κ3) is 2.89. The van der Waals surface area contributed by atoms with Crippen LogP contribution in [0, 0.1) is 5.82 Å². The fourth-order valence-corrected chi connectivity index (χ4v) is 3.82. The third-order valence-electron chi connectivity index (χ3n) is 5.55. The third-order valence-corrected chi connectivity index (χ3v) is 5.55. The number of carbonyl (C=O) groups is 1. The van der Waals surface area contributed by atoms with E-state index >= 15 is 0 Å². The number of fused-ring (bicyclic) bond motifs is 1. The Labute approximate surface area is 161 Å². The molecule has 0 radical (unpaired) electrons. The molecule has 0 atom stereocenters. The van der Waals surface area contributed by atoms with Crippen LogP contribution in [0.3, 0.4) is 0 Å². The molecule has 0 amide bonds. The number of ketones is 1. The molecule has 1 aromatic carbocycles. The number of carbonyl (C=O) groups excluding carboxylic acids is 1. The number of piperazine rings is 1. The minimum Gasteiger partial charge on any atom is -0.366 e. The van der Waals surface area contributed by atoms with Crippen molar-refractivity contribution in [3.63, 3.8) is 0 Å². The average molecular weight is 380 g/mol. The predicted octanol–water partition coefficient (Wildman–Crippen LogP) is 2.67. The lowest BCUT2D eigenvalue weighted by atomic mass is 10.1. The topological polar surface area (TPSA) is 66.6 Å². The van der Waals surface area contributed by atoms with Crippen molar-refractivity contribution in [1.82, 2.24) is 19.6 Å². The molecule has 1 saturated carbocycles. The van der Waals surface area contributed by atoms with E-state index in [0.717, 1.165) is 17.3 Å². The van der Waals surface area contributed by atoms with Gasteiger partial charge >= 0.3 is 0 Å². The number of anilines is 2. The van der Waals surface area contributed by atoms with Gasteiger partial charge in [0, 0.05) is 50.1 Å². The van der Waals surface area contributed by atoms with Crippen molar-refractivity contribution in [3.8, 4) is 0 Å². The molecule has 1 saturated heterocycles. The van der Waals surface area contributed by atoms with E-state index in [4.69, 9.17) is 0 Å². The van der Waals surface area contributed by atoms with Crippen molar-refractivity contribution in [2.45, 2.75) is 25.7 Å². The summed E-state index contributed by atoms with van der Waals surface area (Å²) in [4.78, 5) is 20.2. The van der Waals surface area contributed by atoms with Gasteiger partial charge in [0.05, 0.1) is 5.69 Å². The summed E-state index contributed by atoms with van der Waals surface area (Å²) in [5.74, 6) is 1.88. The van der Waals surface area contributed by atoms with Crippen LogP contribution in [0.25, 0.3) is 5.65 Å². The molecule has 0 unspecified atom stereocenters. The van der Waals surface area contributed by atoms with Gasteiger partial charge in [0.2, 0.25) is 5.65 Å². The molecule has 5 rings (SSSR count). The highest BCUT2D eigenvalue weighted by atomic mass is 19.1. The molecule has 7 nitrogen and oxygen atoms in total. The standard InChI is InChI=1S/C20H21FN6O/c1-13(28)15-4-5-17(16(21)12-15)25-8-10-26(11-9-25)19-20-24-23-18(14-2-3-14)27(20)7-6-22-19/h4-7,12,14H,2-3,8-11H2,1H3. The molecule has 0 bridgehead atoms. The van der Waals surface area contributed by atoms with Gasteiger partial charge in [-0.05, 0) is 38.0 Å². The second-order valence-corrected chi connectivity index (χ2v) is 7.47. The normalized spacial score (nSPS) is 17.4. The monoisotopic (exact) mass is 380 g/mol. The highest BCUT2D eigenvalue weighted by Gasteiger charge is 2.30. The average Bonchev–Trinajstić information content (AvgIpc) is 3.46. The summed E-state index contributed by atoms with van der Waals surface area (Å²) in [7, 11) is 0. The second kappa shape index (κ2) is 6.54. The Kier molecular flexibility index (Phi) is 3.99. The number of aromatic nitrogens is 4. The first-order valence-electron chi connectivity index (χ1n) is 9.62. The van der Waals surface area contributed by atoms with Crippen molar-refractivity contribution in [2.75, 3.05) is 36.0 Å². The Balaban J connectivity index is 1.35. The summed E-state index contributed by atoms with van der Waals surface area (Å²) in [6.45, 7) is 4.21. The van der Waals surface area contributed by atoms with Crippen LogP contribution in [0.15, 0.2) is 30.6 Å². The quantitative estimate of drug-likeness (QED) is 0.649. The van der Waals surface area contributed by atoms with E-state index in [-0.39, 0.29) is 11.6 Å². The minimum atomic E-state index is -0.354. The maximum absolute atomic E-state index is 14.5. The lowest BCUT2D eigenvalue weighted by molar-refractivity contribution is 0.101. The summed E-state index contributed by atoms with van der Waals surface area (Å²) in [5, 5.41) is 8.74. The maximum atomic E-state index is 14.5. The number of nitrogens with zero attached hydrogens (tertiary/aromatic N) is 6. The summed E-state index contributed by atoms with van der Waals surface area (Å²) in [6, 6.07) is 4.70. The molecule has 2 fully saturated rings. The molecule has 28 heavy (non-hydrogen) atoms. The van der Waals surface area contributed by atoms with Gasteiger partial charge in [-0.3, -0.25) is 9.20 Å². The summed E-state index contributed by atoms with van der Waals surface area (Å²) in [5.41, 5.74) is 1.72. The molecule has 1 aliphatic carbocycles. The number of hydrogen-bond acceptors (Lipinski definition) is 6. The first-order chi connectivity index (χ1) is 13.6. The number of rotatable bonds is 4. The van der Waals surface area contributed by atoms with E-state index in [9.17, 15) is 9.18 Å². The lowest BCUT2D eigenvalue weighted by Gasteiger charge is -2.36. The van der Waals surface area contributed by atoms with Gasteiger partial charge in [0.25, 0.3) is 0 Å². The van der Waals surface area contributed by atoms with Gasteiger partial charge in [-0.1, -0.05) is 0 Å². The van der Waals surface area contributed by atoms with Crippen LogP contribution in [0.4, 0.5) is 15.9 Å². The Bertz CT molecular complexity index is 1050. The zero-order valence-electron chi connectivity index (χ0n) is 15.7. The van der Waals surface area contributed by atoms with E-state index in [1.54, 1.807) is 18.3 Å². The molecular weight excluding hydrogens is 359 g/mol. The van der Waals surface area contributed by atoms with Crippen LogP contribution in [0.2, 0.25) is 0 Å². The number of Topliss-reactive ketones (excluding diaryl/α,β-unsaturated/α-hetero) is 1. The van der Waals surface area contributed by atoms with Crippen LogP contribution in [-0.4, -0.2) is 51.5 Å². The predicted molar refractivity (Wildman–Crippen MR) is 104 cm³/mol. The lowest BCUT2D eigenvalue weighted by Crippen LogP contribution is -2.47. The van der Waals surface area contributed by atoms with Crippen LogP contribution in [-0.2, 0) is 0 Å². The molecule has 3 aromatic rings. The molecule has 144 valence electrons. The highest BCUT2D eigenvalue weighted by molar-refractivity contribution is 5.94. The molecule has 1 aliphatic heterocycles. The zero-order valence-corrected chi connectivity index (χ0v) is 15.7. The van der Waals surface area contributed by atoms with Crippen molar-refractivity contribution in [3.05, 3.63) is 47.8 Å².